The highest BCUT2D eigenvalue weighted by Crippen LogP contribution is 2.20. The Labute approximate surface area is 132 Å². The largest absolute Gasteiger partial charge is 0.457 e. The van der Waals surface area contributed by atoms with Crippen molar-refractivity contribution in [3.05, 3.63) is 60.2 Å². The molecule has 2 aromatic carbocycles. The molecule has 2 N–H and O–H groups in total. The Morgan fingerprint density at radius 1 is 1.00 bits per heavy atom. The second-order valence-corrected chi connectivity index (χ2v) is 5.28. The summed E-state index contributed by atoms with van der Waals surface area (Å²) in [6.07, 6.45) is 0. The standard InChI is InChI=1S/C18H23N3O/c1-14(2)21-18(19-3)20-13-15-9-11-17(12-10-15)22-16-7-5-4-6-8-16/h4-12,14H,13H2,1-3H3,(H2,19,20,21). The van der Waals surface area contributed by atoms with Crippen LogP contribution in [-0.2, 0) is 6.54 Å². The highest BCUT2D eigenvalue weighted by atomic mass is 16.5. The lowest BCUT2D eigenvalue weighted by Crippen LogP contribution is -2.40. The number of nitrogens with zero attached hydrogens (tertiary/aromatic N) is 1. The molecule has 0 saturated heterocycles. The van der Waals surface area contributed by atoms with Crippen molar-refractivity contribution in [1.82, 2.24) is 10.6 Å². The van der Waals surface area contributed by atoms with Gasteiger partial charge in [-0.25, -0.2) is 0 Å². The molecule has 4 heteroatoms. The fourth-order valence-electron chi connectivity index (χ4n) is 1.95. The molecule has 116 valence electrons. The normalized spacial score (nSPS) is 11.4. The van der Waals surface area contributed by atoms with Gasteiger partial charge in [-0.05, 0) is 43.7 Å². The maximum Gasteiger partial charge on any atom is 0.191 e. The summed E-state index contributed by atoms with van der Waals surface area (Å²) in [4.78, 5) is 4.19. The molecule has 0 aromatic heterocycles. The van der Waals surface area contributed by atoms with Crippen LogP contribution in [0.4, 0.5) is 0 Å². The van der Waals surface area contributed by atoms with E-state index in [0.717, 1.165) is 24.0 Å². The van der Waals surface area contributed by atoms with Crippen LogP contribution in [-0.4, -0.2) is 19.0 Å². The van der Waals surface area contributed by atoms with Gasteiger partial charge in [-0.1, -0.05) is 30.3 Å². The van der Waals surface area contributed by atoms with Gasteiger partial charge in [-0.2, -0.15) is 0 Å². The molecule has 0 fully saturated rings. The predicted octanol–water partition coefficient (Wildman–Crippen LogP) is 3.55. The van der Waals surface area contributed by atoms with Crippen LogP contribution in [0.2, 0.25) is 0 Å². The predicted molar refractivity (Wildman–Crippen MR) is 91.4 cm³/mol. The van der Waals surface area contributed by atoms with Gasteiger partial charge >= 0.3 is 0 Å². The summed E-state index contributed by atoms with van der Waals surface area (Å²) in [5.41, 5.74) is 1.17. The monoisotopic (exact) mass is 297 g/mol. The van der Waals surface area contributed by atoms with Gasteiger partial charge in [0, 0.05) is 19.6 Å². The molecule has 0 heterocycles. The summed E-state index contributed by atoms with van der Waals surface area (Å²) in [5.74, 6) is 2.48. The molecule has 0 saturated carbocycles. The molecule has 0 unspecified atom stereocenters. The first-order valence-corrected chi connectivity index (χ1v) is 7.46. The van der Waals surface area contributed by atoms with Crippen molar-refractivity contribution in [3.63, 3.8) is 0 Å². The number of benzene rings is 2. The average molecular weight is 297 g/mol. The highest BCUT2D eigenvalue weighted by Gasteiger charge is 2.01. The zero-order valence-electron chi connectivity index (χ0n) is 13.3. The van der Waals surface area contributed by atoms with Crippen molar-refractivity contribution in [2.24, 2.45) is 4.99 Å². The van der Waals surface area contributed by atoms with E-state index in [1.165, 1.54) is 5.56 Å². The molecule has 0 aliphatic carbocycles. The molecule has 2 aromatic rings. The zero-order chi connectivity index (χ0) is 15.8. The Balaban J connectivity index is 1.89. The molecule has 0 radical (unpaired) electrons. The van der Waals surface area contributed by atoms with Crippen LogP contribution in [0.5, 0.6) is 11.5 Å². The molecular weight excluding hydrogens is 274 g/mol. The first-order chi connectivity index (χ1) is 10.7. The van der Waals surface area contributed by atoms with Crippen molar-refractivity contribution >= 4 is 5.96 Å². The lowest BCUT2D eigenvalue weighted by Gasteiger charge is -2.14. The Kier molecular flexibility index (Phi) is 5.83. The Morgan fingerprint density at radius 3 is 2.23 bits per heavy atom. The van der Waals surface area contributed by atoms with E-state index in [1.54, 1.807) is 7.05 Å². The second kappa shape index (κ2) is 8.08. The number of aliphatic imine (C=N–C) groups is 1. The molecular formula is C18H23N3O. The van der Waals surface area contributed by atoms with Crippen molar-refractivity contribution in [2.45, 2.75) is 26.4 Å². The number of rotatable bonds is 5. The van der Waals surface area contributed by atoms with Crippen LogP contribution in [0.1, 0.15) is 19.4 Å². The Morgan fingerprint density at radius 2 is 1.64 bits per heavy atom. The highest BCUT2D eigenvalue weighted by molar-refractivity contribution is 5.79. The number of para-hydroxylation sites is 1. The molecule has 0 bridgehead atoms. The minimum Gasteiger partial charge on any atom is -0.457 e. The fraction of sp³-hybridized carbons (Fsp3) is 0.278. The van der Waals surface area contributed by atoms with E-state index in [9.17, 15) is 0 Å². The maximum atomic E-state index is 5.78. The van der Waals surface area contributed by atoms with Crippen LogP contribution >= 0.6 is 0 Å². The van der Waals surface area contributed by atoms with E-state index in [4.69, 9.17) is 4.74 Å². The Bertz CT molecular complexity index is 591. The molecule has 0 amide bonds. The van der Waals surface area contributed by atoms with Crippen LogP contribution in [0.25, 0.3) is 0 Å². The molecule has 0 atom stereocenters. The molecule has 0 aliphatic rings. The van der Waals surface area contributed by atoms with Gasteiger partial charge < -0.3 is 15.4 Å². The zero-order valence-corrected chi connectivity index (χ0v) is 13.3. The number of hydrogen-bond donors (Lipinski definition) is 2. The van der Waals surface area contributed by atoms with Gasteiger partial charge in [0.2, 0.25) is 0 Å². The number of ether oxygens (including phenoxy) is 1. The third-order valence-electron chi connectivity index (χ3n) is 3.01. The lowest BCUT2D eigenvalue weighted by atomic mass is 10.2. The van der Waals surface area contributed by atoms with Gasteiger partial charge in [-0.3, -0.25) is 4.99 Å². The van der Waals surface area contributed by atoms with Crippen LogP contribution in [0.15, 0.2) is 59.6 Å². The summed E-state index contributed by atoms with van der Waals surface area (Å²) in [5, 5.41) is 6.54. The van der Waals surface area contributed by atoms with Crippen molar-refractivity contribution in [1.29, 1.82) is 0 Å². The van der Waals surface area contributed by atoms with Crippen LogP contribution < -0.4 is 15.4 Å². The van der Waals surface area contributed by atoms with Gasteiger partial charge in [0.15, 0.2) is 5.96 Å². The van der Waals surface area contributed by atoms with Crippen LogP contribution in [0, 0.1) is 0 Å². The maximum absolute atomic E-state index is 5.78. The first-order valence-electron chi connectivity index (χ1n) is 7.46. The third kappa shape index (κ3) is 5.13. The first kappa shape index (κ1) is 15.9. The lowest BCUT2D eigenvalue weighted by molar-refractivity contribution is 0.482. The van der Waals surface area contributed by atoms with E-state index in [-0.39, 0.29) is 0 Å². The molecule has 22 heavy (non-hydrogen) atoms. The quantitative estimate of drug-likeness (QED) is 0.655. The van der Waals surface area contributed by atoms with Crippen molar-refractivity contribution < 1.29 is 4.74 Å². The second-order valence-electron chi connectivity index (χ2n) is 5.28. The minimum atomic E-state index is 0.354. The summed E-state index contributed by atoms with van der Waals surface area (Å²) < 4.78 is 5.78. The third-order valence-corrected chi connectivity index (χ3v) is 3.01. The molecule has 0 aliphatic heterocycles. The summed E-state index contributed by atoms with van der Waals surface area (Å²) in [6, 6.07) is 18.2. The topological polar surface area (TPSA) is 45.7 Å². The summed E-state index contributed by atoms with van der Waals surface area (Å²) in [7, 11) is 1.77. The van der Waals surface area contributed by atoms with Crippen molar-refractivity contribution in [2.75, 3.05) is 7.05 Å². The van der Waals surface area contributed by atoms with Gasteiger partial charge in [-0.15, -0.1) is 0 Å². The number of hydrogen-bond acceptors (Lipinski definition) is 2. The average Bonchev–Trinajstić information content (AvgIpc) is 2.53. The van der Waals surface area contributed by atoms with Crippen molar-refractivity contribution in [3.8, 4) is 11.5 Å². The number of guanidine groups is 1. The number of nitrogens with one attached hydrogen (secondary N) is 2. The van der Waals surface area contributed by atoms with Gasteiger partial charge in [0.1, 0.15) is 11.5 Å². The molecule has 0 spiro atoms. The van der Waals surface area contributed by atoms with Crippen LogP contribution in [0.3, 0.4) is 0 Å². The van der Waals surface area contributed by atoms with Gasteiger partial charge in [0.05, 0.1) is 0 Å². The van der Waals surface area contributed by atoms with E-state index in [0.29, 0.717) is 6.04 Å². The van der Waals surface area contributed by atoms with E-state index < -0.39 is 0 Å². The smallest absolute Gasteiger partial charge is 0.191 e. The minimum absolute atomic E-state index is 0.354. The fourth-order valence-corrected chi connectivity index (χ4v) is 1.95. The summed E-state index contributed by atoms with van der Waals surface area (Å²) >= 11 is 0. The molecule has 4 nitrogen and oxygen atoms in total. The van der Waals surface area contributed by atoms with E-state index in [1.807, 2.05) is 54.6 Å². The van der Waals surface area contributed by atoms with E-state index in [2.05, 4.69) is 29.5 Å². The Hall–Kier alpha value is -2.49. The SMILES string of the molecule is CN=C(NCc1ccc(Oc2ccccc2)cc1)NC(C)C. The van der Waals surface area contributed by atoms with E-state index >= 15 is 0 Å². The van der Waals surface area contributed by atoms with Gasteiger partial charge in [0.25, 0.3) is 0 Å². The summed E-state index contributed by atoms with van der Waals surface area (Å²) in [6.45, 7) is 4.89. The molecule has 2 rings (SSSR count).